The fourth-order valence-electron chi connectivity index (χ4n) is 11.5. The predicted molar refractivity (Wildman–Crippen MR) is 364 cm³/mol. The van der Waals surface area contributed by atoms with Crippen LogP contribution in [-0.2, 0) is 33.3 Å². The number of likely N-dealkylation sites (N-methyl/N-ethyl adjacent to an activating group) is 1. The first-order chi connectivity index (χ1) is 41.6. The molecule has 85 heavy (non-hydrogen) atoms. The van der Waals surface area contributed by atoms with Crippen molar-refractivity contribution in [3.05, 3.63) is 24.3 Å². The van der Waals surface area contributed by atoms with Crippen molar-refractivity contribution in [3.8, 4) is 0 Å². The van der Waals surface area contributed by atoms with Gasteiger partial charge >= 0.3 is 17.9 Å². The number of rotatable bonds is 71. The molecule has 1 N–H and O–H groups in total. The number of carboxylic acids is 1. The third-order valence-corrected chi connectivity index (χ3v) is 17.2. The summed E-state index contributed by atoms with van der Waals surface area (Å²) in [5.41, 5.74) is 0. The van der Waals surface area contributed by atoms with Gasteiger partial charge in [-0.2, -0.15) is 0 Å². The van der Waals surface area contributed by atoms with Gasteiger partial charge in [-0.3, -0.25) is 9.59 Å². The Morgan fingerprint density at radius 1 is 0.353 bits per heavy atom. The average Bonchev–Trinajstić information content (AvgIpc) is 3.48. The molecule has 9 nitrogen and oxygen atoms in total. The topological polar surface area (TPSA) is 108 Å². The molecule has 0 heterocycles. The van der Waals surface area contributed by atoms with E-state index in [1.165, 1.54) is 315 Å². The Morgan fingerprint density at radius 2 is 0.635 bits per heavy atom. The fourth-order valence-corrected chi connectivity index (χ4v) is 11.5. The zero-order valence-electron chi connectivity index (χ0n) is 57.6. The minimum Gasteiger partial charge on any atom is -0.477 e. The predicted octanol–water partition coefficient (Wildman–Crippen LogP) is 23.4. The molecule has 0 saturated heterocycles. The van der Waals surface area contributed by atoms with Gasteiger partial charge in [0.2, 0.25) is 0 Å². The summed E-state index contributed by atoms with van der Waals surface area (Å²) in [6, 6.07) is 0. The summed E-state index contributed by atoms with van der Waals surface area (Å²) in [4.78, 5) is 37.7. The Bertz CT molecular complexity index is 1440. The van der Waals surface area contributed by atoms with Crippen LogP contribution in [0.2, 0.25) is 0 Å². The Hall–Kier alpha value is -2.23. The second-order valence-corrected chi connectivity index (χ2v) is 27.0. The van der Waals surface area contributed by atoms with Crippen LogP contribution in [0, 0.1) is 0 Å². The van der Waals surface area contributed by atoms with Crippen molar-refractivity contribution in [2.24, 2.45) is 0 Å². The molecule has 0 aromatic carbocycles. The molecule has 0 aliphatic rings. The van der Waals surface area contributed by atoms with Crippen molar-refractivity contribution in [2.75, 3.05) is 47.5 Å². The second-order valence-electron chi connectivity index (χ2n) is 27.0. The molecule has 0 spiro atoms. The lowest BCUT2D eigenvalue weighted by Crippen LogP contribution is -2.40. The summed E-state index contributed by atoms with van der Waals surface area (Å²) in [7, 11) is 6.00. The Labute approximate surface area is 528 Å². The molecule has 0 saturated carbocycles. The van der Waals surface area contributed by atoms with Gasteiger partial charge in [0, 0.05) is 12.8 Å². The van der Waals surface area contributed by atoms with Gasteiger partial charge in [-0.05, 0) is 44.9 Å². The SMILES string of the molecule is CCCCCCC/C=C\C/C=C\CCCCCCCCCCCCCCCCCCCCCCCCCC(=O)OC(COC(=O)CCCCCCCCCCCCCCCCCCCCCCCCCCC)COC(OCC[N+](C)(C)C)C(=O)O. The number of nitrogens with zero attached hydrogens (tertiary/aromatic N) is 1. The maximum atomic E-state index is 13.0. The zero-order valence-corrected chi connectivity index (χ0v) is 57.6. The van der Waals surface area contributed by atoms with Crippen molar-refractivity contribution < 1.29 is 42.9 Å². The Kier molecular flexibility index (Phi) is 65.9. The molecule has 0 aliphatic carbocycles. The van der Waals surface area contributed by atoms with Crippen molar-refractivity contribution in [1.29, 1.82) is 0 Å². The molecule has 0 aromatic rings. The lowest BCUT2D eigenvalue weighted by Gasteiger charge is -2.25. The third-order valence-electron chi connectivity index (χ3n) is 17.2. The summed E-state index contributed by atoms with van der Waals surface area (Å²) in [5.74, 6) is -1.97. The lowest BCUT2D eigenvalue weighted by molar-refractivity contribution is -0.870. The number of unbranched alkanes of at least 4 members (excludes halogenated alkanes) is 52. The van der Waals surface area contributed by atoms with Crippen molar-refractivity contribution >= 4 is 17.9 Å². The minimum absolute atomic E-state index is 0.174. The molecule has 0 fully saturated rings. The first kappa shape index (κ1) is 82.8. The first-order valence-corrected chi connectivity index (χ1v) is 37.5. The molecule has 9 heteroatoms. The number of aliphatic carboxylic acids is 1. The van der Waals surface area contributed by atoms with Gasteiger partial charge in [-0.25, -0.2) is 4.79 Å². The van der Waals surface area contributed by atoms with E-state index in [-0.39, 0.29) is 38.2 Å². The van der Waals surface area contributed by atoms with E-state index in [2.05, 4.69) is 38.2 Å². The highest BCUT2D eigenvalue weighted by Crippen LogP contribution is 2.20. The van der Waals surface area contributed by atoms with Gasteiger partial charge < -0.3 is 28.5 Å². The summed E-state index contributed by atoms with van der Waals surface area (Å²) < 4.78 is 23.0. The van der Waals surface area contributed by atoms with E-state index >= 15 is 0 Å². The lowest BCUT2D eigenvalue weighted by atomic mass is 10.0. The fraction of sp³-hybridized carbons (Fsp3) is 0.908. The van der Waals surface area contributed by atoms with Gasteiger partial charge in [0.1, 0.15) is 13.2 Å². The van der Waals surface area contributed by atoms with Crippen LogP contribution >= 0.6 is 0 Å². The van der Waals surface area contributed by atoms with Crippen molar-refractivity contribution in [2.45, 2.75) is 399 Å². The summed E-state index contributed by atoms with van der Waals surface area (Å²) in [6.07, 6.45) is 81.7. The van der Waals surface area contributed by atoms with Gasteiger partial charge in [0.25, 0.3) is 6.29 Å². The minimum atomic E-state index is -1.51. The molecule has 0 rings (SSSR count). The van der Waals surface area contributed by atoms with E-state index in [0.717, 1.165) is 44.9 Å². The summed E-state index contributed by atoms with van der Waals surface area (Å²) >= 11 is 0. The van der Waals surface area contributed by atoms with Gasteiger partial charge in [-0.1, -0.05) is 353 Å². The van der Waals surface area contributed by atoms with E-state index in [1.54, 1.807) is 0 Å². The molecule has 502 valence electrons. The Balaban J connectivity index is 3.99. The number of carboxylic acid groups (broad SMARTS) is 1. The summed E-state index contributed by atoms with van der Waals surface area (Å²) in [6.45, 7) is 4.95. The van der Waals surface area contributed by atoms with E-state index in [0.29, 0.717) is 17.4 Å². The van der Waals surface area contributed by atoms with E-state index in [1.807, 2.05) is 21.1 Å². The number of allylic oxidation sites excluding steroid dienone is 4. The number of carbonyl (C=O) groups excluding carboxylic acids is 2. The third kappa shape index (κ3) is 69.1. The van der Waals surface area contributed by atoms with Crippen LogP contribution in [0.1, 0.15) is 386 Å². The monoisotopic (exact) mass is 1200 g/mol. The van der Waals surface area contributed by atoms with Gasteiger partial charge in [0.05, 0.1) is 34.4 Å². The number of hydrogen-bond acceptors (Lipinski definition) is 7. The maximum absolute atomic E-state index is 13.0. The molecule has 0 amide bonds. The van der Waals surface area contributed by atoms with Crippen LogP contribution in [-0.4, -0.2) is 87.4 Å². The van der Waals surface area contributed by atoms with Crippen LogP contribution in [0.3, 0.4) is 0 Å². The van der Waals surface area contributed by atoms with Crippen molar-refractivity contribution in [1.82, 2.24) is 0 Å². The molecule has 0 aromatic heterocycles. The van der Waals surface area contributed by atoms with Gasteiger partial charge in [0.15, 0.2) is 6.10 Å². The molecular weight excluding hydrogens is 1050 g/mol. The zero-order chi connectivity index (χ0) is 61.9. The number of carbonyl (C=O) groups is 3. The quantitative estimate of drug-likeness (QED) is 0.0211. The number of hydrogen-bond donors (Lipinski definition) is 1. The molecular formula is C76H146NO8+. The maximum Gasteiger partial charge on any atom is 0.361 e. The van der Waals surface area contributed by atoms with E-state index in [4.69, 9.17) is 18.9 Å². The van der Waals surface area contributed by atoms with E-state index in [9.17, 15) is 19.5 Å². The molecule has 0 aliphatic heterocycles. The van der Waals surface area contributed by atoms with Crippen LogP contribution in [0.25, 0.3) is 0 Å². The van der Waals surface area contributed by atoms with Crippen LogP contribution < -0.4 is 0 Å². The second kappa shape index (κ2) is 67.7. The highest BCUT2D eigenvalue weighted by Gasteiger charge is 2.25. The highest BCUT2D eigenvalue weighted by molar-refractivity contribution is 5.71. The number of ether oxygens (including phenoxy) is 4. The van der Waals surface area contributed by atoms with Crippen LogP contribution in [0.4, 0.5) is 0 Å². The molecule has 2 unspecified atom stereocenters. The highest BCUT2D eigenvalue weighted by atomic mass is 16.7. The molecule has 2 atom stereocenters. The molecule has 0 radical (unpaired) electrons. The molecule has 0 bridgehead atoms. The average molecular weight is 1200 g/mol. The first-order valence-electron chi connectivity index (χ1n) is 37.5. The smallest absolute Gasteiger partial charge is 0.361 e. The standard InChI is InChI=1S/C76H145NO8/c1-6-8-10-12-14-16-18-20-22-24-26-28-30-32-33-34-35-36-37-38-39-40-41-43-45-47-49-51-53-55-57-59-61-63-65-67-74(79)85-72(71-84-76(75(80)81)82-69-68-77(3,4)5)70-83-73(78)66-64-62-60-58-56-54-52-50-48-46-44-42-31-29-27-25-23-21-19-17-15-13-11-9-7-2/h18,20,24,26,72,76H,6-17,19,21-23,25,27-71H2,1-5H3/p+1/b20-18-,26-24-. The van der Waals surface area contributed by atoms with Gasteiger partial charge in [-0.15, -0.1) is 0 Å². The number of quaternary nitrogens is 1. The van der Waals surface area contributed by atoms with Crippen LogP contribution in [0.5, 0.6) is 0 Å². The summed E-state index contributed by atoms with van der Waals surface area (Å²) in [5, 5.41) is 9.76. The van der Waals surface area contributed by atoms with E-state index < -0.39 is 18.4 Å². The van der Waals surface area contributed by atoms with Crippen LogP contribution in [0.15, 0.2) is 24.3 Å². The largest absolute Gasteiger partial charge is 0.477 e. The Morgan fingerprint density at radius 3 is 0.929 bits per heavy atom. The van der Waals surface area contributed by atoms with Crippen molar-refractivity contribution in [3.63, 3.8) is 0 Å². The number of esters is 2. The normalized spacial score (nSPS) is 12.7.